The Bertz CT molecular complexity index is 683. The molecule has 0 bridgehead atoms. The standard InChI is InChI=1S/C19H20FNO3/c20-15-7-9-17(10-8-15)23-11-2-12-24-18-4-1-3-16(13-18)21-19(22)14-5-6-14/h1,3-4,7-10,13-14H,2,5-6,11-12H2,(H,21,22). The molecule has 0 unspecified atom stereocenters. The number of benzene rings is 2. The summed E-state index contributed by atoms with van der Waals surface area (Å²) in [6.45, 7) is 0.991. The fourth-order valence-corrected chi connectivity index (χ4v) is 2.22. The number of carbonyl (C=O) groups excluding carboxylic acids is 1. The molecule has 0 spiro atoms. The third-order valence-electron chi connectivity index (χ3n) is 3.69. The minimum absolute atomic E-state index is 0.0832. The number of carbonyl (C=O) groups is 1. The molecular formula is C19H20FNO3. The van der Waals surface area contributed by atoms with Crippen molar-refractivity contribution in [1.82, 2.24) is 0 Å². The molecule has 0 heterocycles. The maximum Gasteiger partial charge on any atom is 0.227 e. The minimum Gasteiger partial charge on any atom is -0.493 e. The highest BCUT2D eigenvalue weighted by molar-refractivity contribution is 5.94. The van der Waals surface area contributed by atoms with E-state index in [1.54, 1.807) is 12.1 Å². The molecule has 1 amide bonds. The maximum atomic E-state index is 12.8. The molecule has 3 rings (SSSR count). The molecule has 4 nitrogen and oxygen atoms in total. The van der Waals surface area contributed by atoms with Gasteiger partial charge in [0.05, 0.1) is 13.2 Å². The first-order valence-corrected chi connectivity index (χ1v) is 8.13. The molecule has 0 saturated heterocycles. The van der Waals surface area contributed by atoms with Gasteiger partial charge in [-0.2, -0.15) is 0 Å². The van der Waals surface area contributed by atoms with E-state index in [4.69, 9.17) is 9.47 Å². The molecule has 1 fully saturated rings. The number of amides is 1. The summed E-state index contributed by atoms with van der Waals surface area (Å²) in [6, 6.07) is 13.3. The van der Waals surface area contributed by atoms with Crippen molar-refractivity contribution in [3.05, 3.63) is 54.3 Å². The Kier molecular flexibility index (Phi) is 5.31. The van der Waals surface area contributed by atoms with Gasteiger partial charge in [0.25, 0.3) is 0 Å². The van der Waals surface area contributed by atoms with Crippen LogP contribution in [0.5, 0.6) is 11.5 Å². The molecule has 0 atom stereocenters. The average molecular weight is 329 g/mol. The van der Waals surface area contributed by atoms with Gasteiger partial charge < -0.3 is 14.8 Å². The van der Waals surface area contributed by atoms with Gasteiger partial charge in [-0.15, -0.1) is 0 Å². The summed E-state index contributed by atoms with van der Waals surface area (Å²) >= 11 is 0. The van der Waals surface area contributed by atoms with Crippen molar-refractivity contribution in [3.63, 3.8) is 0 Å². The average Bonchev–Trinajstić information content (AvgIpc) is 3.42. The van der Waals surface area contributed by atoms with E-state index in [-0.39, 0.29) is 17.6 Å². The summed E-state index contributed by atoms with van der Waals surface area (Å²) < 4.78 is 23.9. The molecule has 1 N–H and O–H groups in total. The molecule has 126 valence electrons. The molecule has 1 aliphatic carbocycles. The Balaban J connectivity index is 1.38. The zero-order valence-corrected chi connectivity index (χ0v) is 13.3. The van der Waals surface area contributed by atoms with Crippen molar-refractivity contribution < 1.29 is 18.7 Å². The van der Waals surface area contributed by atoms with Crippen LogP contribution in [0.25, 0.3) is 0 Å². The fraction of sp³-hybridized carbons (Fsp3) is 0.316. The quantitative estimate of drug-likeness (QED) is 0.744. The zero-order chi connectivity index (χ0) is 16.8. The van der Waals surface area contributed by atoms with Gasteiger partial charge >= 0.3 is 0 Å². The van der Waals surface area contributed by atoms with E-state index in [1.807, 2.05) is 24.3 Å². The van der Waals surface area contributed by atoms with Gasteiger partial charge in [-0.05, 0) is 49.2 Å². The highest BCUT2D eigenvalue weighted by Gasteiger charge is 2.29. The Hall–Kier alpha value is -2.56. The summed E-state index contributed by atoms with van der Waals surface area (Å²) in [7, 11) is 0. The largest absolute Gasteiger partial charge is 0.493 e. The lowest BCUT2D eigenvalue weighted by molar-refractivity contribution is -0.117. The molecule has 0 aromatic heterocycles. The molecule has 2 aromatic rings. The monoisotopic (exact) mass is 329 g/mol. The highest BCUT2D eigenvalue weighted by Crippen LogP contribution is 2.30. The van der Waals surface area contributed by atoms with Gasteiger partial charge in [-0.3, -0.25) is 4.79 Å². The fourth-order valence-electron chi connectivity index (χ4n) is 2.22. The minimum atomic E-state index is -0.278. The maximum absolute atomic E-state index is 12.8. The summed E-state index contributed by atoms with van der Waals surface area (Å²) in [5.74, 6) is 1.34. The molecule has 2 aromatic carbocycles. The van der Waals surface area contributed by atoms with Crippen LogP contribution in [0.4, 0.5) is 10.1 Å². The number of nitrogens with one attached hydrogen (secondary N) is 1. The van der Waals surface area contributed by atoms with Crippen LogP contribution in [0.15, 0.2) is 48.5 Å². The summed E-state index contributed by atoms with van der Waals surface area (Å²) in [5, 5.41) is 2.90. The molecule has 5 heteroatoms. The third-order valence-corrected chi connectivity index (χ3v) is 3.69. The molecule has 24 heavy (non-hydrogen) atoms. The topological polar surface area (TPSA) is 47.6 Å². The van der Waals surface area contributed by atoms with E-state index in [0.717, 1.165) is 18.5 Å². The summed E-state index contributed by atoms with van der Waals surface area (Å²) in [6.07, 6.45) is 2.67. The van der Waals surface area contributed by atoms with Gasteiger partial charge in [0, 0.05) is 24.1 Å². The van der Waals surface area contributed by atoms with Crippen LogP contribution in [0.1, 0.15) is 19.3 Å². The smallest absolute Gasteiger partial charge is 0.227 e. The van der Waals surface area contributed by atoms with Gasteiger partial charge in [0.1, 0.15) is 17.3 Å². The number of halogens is 1. The van der Waals surface area contributed by atoms with Crippen molar-refractivity contribution in [3.8, 4) is 11.5 Å². The van der Waals surface area contributed by atoms with E-state index in [9.17, 15) is 9.18 Å². The van der Waals surface area contributed by atoms with Crippen LogP contribution in [0.3, 0.4) is 0 Å². The van der Waals surface area contributed by atoms with E-state index in [2.05, 4.69) is 5.32 Å². The predicted molar refractivity (Wildman–Crippen MR) is 89.8 cm³/mol. The van der Waals surface area contributed by atoms with Gasteiger partial charge in [0.2, 0.25) is 5.91 Å². The lowest BCUT2D eigenvalue weighted by atomic mass is 10.3. The normalized spacial score (nSPS) is 13.4. The summed E-state index contributed by atoms with van der Waals surface area (Å²) in [5.41, 5.74) is 0.756. The van der Waals surface area contributed by atoms with E-state index in [0.29, 0.717) is 31.1 Å². The Morgan fingerprint density at radius 2 is 1.75 bits per heavy atom. The van der Waals surface area contributed by atoms with Crippen LogP contribution >= 0.6 is 0 Å². The first-order valence-electron chi connectivity index (χ1n) is 8.13. The van der Waals surface area contributed by atoms with Crippen molar-refractivity contribution in [2.45, 2.75) is 19.3 Å². The molecular weight excluding hydrogens is 309 g/mol. The van der Waals surface area contributed by atoms with Crippen LogP contribution in [-0.2, 0) is 4.79 Å². The zero-order valence-electron chi connectivity index (χ0n) is 13.3. The van der Waals surface area contributed by atoms with E-state index in [1.165, 1.54) is 12.1 Å². The Morgan fingerprint density at radius 1 is 1.04 bits per heavy atom. The van der Waals surface area contributed by atoms with Gasteiger partial charge in [-0.1, -0.05) is 6.07 Å². The molecule has 1 aliphatic rings. The second-order valence-corrected chi connectivity index (χ2v) is 5.80. The van der Waals surface area contributed by atoms with Gasteiger partial charge in [0.15, 0.2) is 0 Å². The number of hydrogen-bond acceptors (Lipinski definition) is 3. The molecule has 0 aliphatic heterocycles. The van der Waals surface area contributed by atoms with Crippen LogP contribution in [-0.4, -0.2) is 19.1 Å². The van der Waals surface area contributed by atoms with E-state index >= 15 is 0 Å². The summed E-state index contributed by atoms with van der Waals surface area (Å²) in [4.78, 5) is 11.7. The Labute approximate surface area is 140 Å². The first kappa shape index (κ1) is 16.3. The second-order valence-electron chi connectivity index (χ2n) is 5.80. The number of hydrogen-bond donors (Lipinski definition) is 1. The van der Waals surface area contributed by atoms with Crippen molar-refractivity contribution in [2.75, 3.05) is 18.5 Å². The SMILES string of the molecule is O=C(Nc1cccc(OCCCOc2ccc(F)cc2)c1)C1CC1. The third kappa shape index (κ3) is 4.98. The van der Waals surface area contributed by atoms with Crippen LogP contribution < -0.4 is 14.8 Å². The predicted octanol–water partition coefficient (Wildman–Crippen LogP) is 4.02. The highest BCUT2D eigenvalue weighted by atomic mass is 19.1. The lowest BCUT2D eigenvalue weighted by Gasteiger charge is -2.10. The van der Waals surface area contributed by atoms with Crippen molar-refractivity contribution in [2.24, 2.45) is 5.92 Å². The van der Waals surface area contributed by atoms with Crippen molar-refractivity contribution >= 4 is 11.6 Å². The lowest BCUT2D eigenvalue weighted by Crippen LogP contribution is -2.13. The number of rotatable bonds is 8. The van der Waals surface area contributed by atoms with Gasteiger partial charge in [-0.25, -0.2) is 4.39 Å². The second kappa shape index (κ2) is 7.81. The molecule has 1 saturated carbocycles. The van der Waals surface area contributed by atoms with E-state index < -0.39 is 0 Å². The number of anilines is 1. The molecule has 0 radical (unpaired) electrons. The Morgan fingerprint density at radius 3 is 2.46 bits per heavy atom. The van der Waals surface area contributed by atoms with Crippen LogP contribution in [0.2, 0.25) is 0 Å². The number of ether oxygens (including phenoxy) is 2. The van der Waals surface area contributed by atoms with Crippen molar-refractivity contribution in [1.29, 1.82) is 0 Å². The van der Waals surface area contributed by atoms with Crippen LogP contribution in [0, 0.1) is 11.7 Å². The first-order chi connectivity index (χ1) is 11.7.